The number of allylic oxidation sites excluding steroid dienone is 5. The zero-order valence-corrected chi connectivity index (χ0v) is 12.9. The summed E-state index contributed by atoms with van der Waals surface area (Å²) >= 11 is 0. The van der Waals surface area contributed by atoms with E-state index in [0.29, 0.717) is 0 Å². The zero-order chi connectivity index (χ0) is 14.5. The third-order valence-corrected chi connectivity index (χ3v) is 3.58. The van der Waals surface area contributed by atoms with Crippen molar-refractivity contribution in [3.63, 3.8) is 0 Å². The van der Waals surface area contributed by atoms with E-state index in [1.165, 1.54) is 22.5 Å². The molecule has 1 aromatic carbocycles. The molecule has 0 unspecified atom stereocenters. The molecule has 2 nitrogen and oxygen atoms in total. The van der Waals surface area contributed by atoms with Gasteiger partial charge in [0.2, 0.25) is 0 Å². The van der Waals surface area contributed by atoms with Gasteiger partial charge in [-0.15, -0.1) is 0 Å². The van der Waals surface area contributed by atoms with Crippen molar-refractivity contribution in [3.05, 3.63) is 65.4 Å². The predicted octanol–water partition coefficient (Wildman–Crippen LogP) is 3.63. The minimum atomic E-state index is 0.988. The summed E-state index contributed by atoms with van der Waals surface area (Å²) in [5.74, 6) is 0. The molecule has 2 rings (SSSR count). The molecule has 0 saturated heterocycles. The van der Waals surface area contributed by atoms with E-state index in [9.17, 15) is 0 Å². The maximum Gasteiger partial charge on any atom is 0.0361 e. The lowest BCUT2D eigenvalue weighted by Gasteiger charge is -2.14. The number of benzene rings is 1. The second-order valence-electron chi connectivity index (χ2n) is 5.64. The van der Waals surface area contributed by atoms with Crippen LogP contribution in [0.1, 0.15) is 12.0 Å². The van der Waals surface area contributed by atoms with E-state index < -0.39 is 0 Å². The summed E-state index contributed by atoms with van der Waals surface area (Å²) in [6.07, 6.45) is 10.9. The zero-order valence-electron chi connectivity index (χ0n) is 12.9. The third-order valence-electron chi connectivity index (χ3n) is 3.58. The van der Waals surface area contributed by atoms with Crippen LogP contribution in [0.5, 0.6) is 0 Å². The van der Waals surface area contributed by atoms with Crippen LogP contribution < -0.4 is 4.90 Å². The minimum Gasteiger partial charge on any atom is -0.381 e. The van der Waals surface area contributed by atoms with E-state index in [-0.39, 0.29) is 0 Å². The van der Waals surface area contributed by atoms with Crippen molar-refractivity contribution in [1.82, 2.24) is 4.90 Å². The van der Waals surface area contributed by atoms with E-state index in [2.05, 4.69) is 86.6 Å². The fraction of sp³-hybridized carbons (Fsp3) is 0.333. The predicted molar refractivity (Wildman–Crippen MR) is 88.1 cm³/mol. The maximum atomic E-state index is 2.25. The SMILES string of the molecule is CN(C)C1=CC=C(Cc2ccc(N(C)C)cc2)C=CC1. The average molecular weight is 268 g/mol. The van der Waals surface area contributed by atoms with Gasteiger partial charge in [0.15, 0.2) is 0 Å². The number of hydrogen-bond donors (Lipinski definition) is 0. The first-order chi connectivity index (χ1) is 9.56. The highest BCUT2D eigenvalue weighted by Gasteiger charge is 2.03. The number of hydrogen-bond acceptors (Lipinski definition) is 2. The molecule has 0 aromatic heterocycles. The fourth-order valence-electron chi connectivity index (χ4n) is 2.26. The first kappa shape index (κ1) is 14.4. The quantitative estimate of drug-likeness (QED) is 0.823. The van der Waals surface area contributed by atoms with Crippen LogP contribution in [-0.2, 0) is 6.42 Å². The molecule has 1 aliphatic carbocycles. The molecule has 20 heavy (non-hydrogen) atoms. The molecule has 0 saturated carbocycles. The molecule has 106 valence electrons. The summed E-state index contributed by atoms with van der Waals surface area (Å²) in [4.78, 5) is 4.30. The van der Waals surface area contributed by atoms with E-state index in [0.717, 1.165) is 12.8 Å². The van der Waals surface area contributed by atoms with Crippen LogP contribution in [0.25, 0.3) is 0 Å². The van der Waals surface area contributed by atoms with E-state index in [4.69, 9.17) is 0 Å². The molecule has 0 N–H and O–H groups in total. The molecule has 2 heteroatoms. The Morgan fingerprint density at radius 1 is 0.900 bits per heavy atom. The van der Waals surface area contributed by atoms with Crippen molar-refractivity contribution in [1.29, 1.82) is 0 Å². The molecule has 0 spiro atoms. The molecule has 1 aromatic rings. The Bertz CT molecular complexity index is 531. The molecule has 1 aliphatic rings. The summed E-state index contributed by atoms with van der Waals surface area (Å²) in [5, 5.41) is 0. The van der Waals surface area contributed by atoms with E-state index >= 15 is 0 Å². The lowest BCUT2D eigenvalue weighted by Crippen LogP contribution is -2.09. The smallest absolute Gasteiger partial charge is 0.0361 e. The highest BCUT2D eigenvalue weighted by Crippen LogP contribution is 2.18. The monoisotopic (exact) mass is 268 g/mol. The number of anilines is 1. The van der Waals surface area contributed by atoms with Crippen molar-refractivity contribution in [2.75, 3.05) is 33.1 Å². The molecule has 0 radical (unpaired) electrons. The highest BCUT2D eigenvalue weighted by molar-refractivity contribution is 5.47. The van der Waals surface area contributed by atoms with Gasteiger partial charge < -0.3 is 9.80 Å². The van der Waals surface area contributed by atoms with E-state index in [1.54, 1.807) is 0 Å². The minimum absolute atomic E-state index is 0.988. The van der Waals surface area contributed by atoms with Gasteiger partial charge >= 0.3 is 0 Å². The number of nitrogens with zero attached hydrogens (tertiary/aromatic N) is 2. The fourth-order valence-corrected chi connectivity index (χ4v) is 2.26. The molecule has 0 bridgehead atoms. The van der Waals surface area contributed by atoms with Gasteiger partial charge in [-0.2, -0.15) is 0 Å². The molecular formula is C18H24N2. The average Bonchev–Trinajstić information content (AvgIpc) is 2.65. The van der Waals surface area contributed by atoms with Crippen LogP contribution in [0.2, 0.25) is 0 Å². The molecule has 0 heterocycles. The molecule has 0 amide bonds. The normalized spacial score (nSPS) is 14.4. The van der Waals surface area contributed by atoms with Gasteiger partial charge in [-0.05, 0) is 35.8 Å². The molecular weight excluding hydrogens is 244 g/mol. The van der Waals surface area contributed by atoms with Gasteiger partial charge in [-0.25, -0.2) is 0 Å². The lowest BCUT2D eigenvalue weighted by molar-refractivity contribution is 0.501. The molecule has 0 aliphatic heterocycles. The molecule has 0 fully saturated rings. The van der Waals surface area contributed by atoms with Crippen molar-refractivity contribution in [3.8, 4) is 0 Å². The van der Waals surface area contributed by atoms with Crippen LogP contribution >= 0.6 is 0 Å². The first-order valence-corrected chi connectivity index (χ1v) is 7.06. The Morgan fingerprint density at radius 2 is 1.60 bits per heavy atom. The summed E-state index contributed by atoms with van der Waals surface area (Å²) in [7, 11) is 8.33. The van der Waals surface area contributed by atoms with Crippen molar-refractivity contribution in [2.24, 2.45) is 0 Å². The summed E-state index contributed by atoms with van der Waals surface area (Å²) in [6, 6.07) is 8.78. The van der Waals surface area contributed by atoms with Gasteiger partial charge in [0.05, 0.1) is 0 Å². The second-order valence-corrected chi connectivity index (χ2v) is 5.64. The van der Waals surface area contributed by atoms with Crippen molar-refractivity contribution in [2.45, 2.75) is 12.8 Å². The lowest BCUT2D eigenvalue weighted by atomic mass is 10.0. The van der Waals surface area contributed by atoms with Gasteiger partial charge in [0, 0.05) is 46.0 Å². The second kappa shape index (κ2) is 6.47. The highest BCUT2D eigenvalue weighted by atomic mass is 15.1. The van der Waals surface area contributed by atoms with Gasteiger partial charge in [-0.3, -0.25) is 0 Å². The van der Waals surface area contributed by atoms with Gasteiger partial charge in [0.1, 0.15) is 0 Å². The van der Waals surface area contributed by atoms with Crippen LogP contribution in [0.4, 0.5) is 5.69 Å². The molecule has 0 atom stereocenters. The van der Waals surface area contributed by atoms with E-state index in [1.807, 2.05) is 0 Å². The number of rotatable bonds is 4. The van der Waals surface area contributed by atoms with Gasteiger partial charge in [0.25, 0.3) is 0 Å². The Labute approximate surface area is 122 Å². The van der Waals surface area contributed by atoms with Crippen LogP contribution in [0, 0.1) is 0 Å². The van der Waals surface area contributed by atoms with Crippen LogP contribution in [0.15, 0.2) is 59.8 Å². The Hall–Kier alpha value is -1.96. The third kappa shape index (κ3) is 3.77. The summed E-state index contributed by atoms with van der Waals surface area (Å²) in [6.45, 7) is 0. The maximum absolute atomic E-state index is 2.25. The Morgan fingerprint density at radius 3 is 2.20 bits per heavy atom. The summed E-state index contributed by atoms with van der Waals surface area (Å²) in [5.41, 5.74) is 5.31. The Balaban J connectivity index is 2.10. The van der Waals surface area contributed by atoms with Crippen molar-refractivity contribution < 1.29 is 0 Å². The van der Waals surface area contributed by atoms with Crippen LogP contribution in [0.3, 0.4) is 0 Å². The Kier molecular flexibility index (Phi) is 4.67. The summed E-state index contributed by atoms with van der Waals surface area (Å²) < 4.78 is 0. The topological polar surface area (TPSA) is 6.48 Å². The van der Waals surface area contributed by atoms with Crippen LogP contribution in [-0.4, -0.2) is 33.1 Å². The largest absolute Gasteiger partial charge is 0.381 e. The van der Waals surface area contributed by atoms with Crippen molar-refractivity contribution >= 4 is 5.69 Å². The first-order valence-electron chi connectivity index (χ1n) is 7.06. The standard InChI is InChI=1S/C18H24N2/c1-19(2)17-7-5-6-15(8-11-17)14-16-9-12-18(13-10-16)20(3)4/h5-6,8-13H,7,14H2,1-4H3. The van der Waals surface area contributed by atoms with Gasteiger partial charge in [-0.1, -0.05) is 30.4 Å².